The van der Waals surface area contributed by atoms with Gasteiger partial charge in [-0.15, -0.1) is 0 Å². The maximum Gasteiger partial charge on any atom is 0.407 e. The molecule has 2 saturated heterocycles. The van der Waals surface area contributed by atoms with Crippen LogP contribution in [0, 0.1) is 5.92 Å². The van der Waals surface area contributed by atoms with Crippen molar-refractivity contribution in [2.24, 2.45) is 5.92 Å². The molecular weight excluding hydrogens is 777 g/mol. The van der Waals surface area contributed by atoms with Crippen molar-refractivity contribution in [3.8, 4) is 28.3 Å². The van der Waals surface area contributed by atoms with Crippen LogP contribution in [0.15, 0.2) is 79.1 Å². The van der Waals surface area contributed by atoms with Gasteiger partial charge in [0.05, 0.1) is 50.1 Å². The van der Waals surface area contributed by atoms with E-state index in [0.29, 0.717) is 36.9 Å². The topological polar surface area (TPSA) is 184 Å². The van der Waals surface area contributed by atoms with E-state index < -0.39 is 24.3 Å². The second-order valence-electron chi connectivity index (χ2n) is 16.2. The number of H-pyrrole nitrogens is 2. The Morgan fingerprint density at radius 2 is 1.31 bits per heavy atom. The molecule has 0 saturated carbocycles. The third-order valence-electron chi connectivity index (χ3n) is 12.2. The van der Waals surface area contributed by atoms with Gasteiger partial charge in [-0.25, -0.2) is 19.6 Å². The van der Waals surface area contributed by atoms with Crippen LogP contribution < -0.4 is 15.4 Å². The molecule has 61 heavy (non-hydrogen) atoms. The fraction of sp³-hybridized carbons (Fsp3) is 0.348. The Kier molecular flexibility index (Phi) is 10.6. The summed E-state index contributed by atoms with van der Waals surface area (Å²) in [7, 11) is 2.57. The summed E-state index contributed by atoms with van der Waals surface area (Å²) in [5, 5.41) is 9.71. The van der Waals surface area contributed by atoms with Crippen molar-refractivity contribution in [3.63, 3.8) is 0 Å². The van der Waals surface area contributed by atoms with Crippen LogP contribution in [0.5, 0.6) is 5.75 Å². The first-order chi connectivity index (χ1) is 29.6. The summed E-state index contributed by atoms with van der Waals surface area (Å²) in [6, 6.07) is 19.7. The standard InChI is InChI=1S/C46H48N8O7/c1-25(2)39(51-45(57)59-3)43(55)53-16-8-12-34(53)41-48-23-33(50-41)30-19-28-15-14-27-18-29(20-31-24-61-36(21-30)38(28)37(27)31)32-22-47-42(49-32)35-13-9-17-54(35)44(56)40(52-46(58)60-4)26-10-6-5-7-11-26/h5-7,10-11,14-15,18-23,25,34-35,39-40H,8-9,12-13,16-17,24H2,1-4H3,(H,47,49)(H,48,50)(H,51,57)(H,52,58)/t34-,35-,39-,40+/m0/s1. The fourth-order valence-electron chi connectivity index (χ4n) is 9.16. The normalized spacial score (nSPS) is 18.0. The summed E-state index contributed by atoms with van der Waals surface area (Å²) in [5.41, 5.74) is 5.26. The maximum absolute atomic E-state index is 14.0. The molecule has 5 heterocycles. The quantitative estimate of drug-likeness (QED) is 0.102. The lowest BCUT2D eigenvalue weighted by Crippen LogP contribution is -2.51. The molecule has 0 bridgehead atoms. The van der Waals surface area contributed by atoms with Crippen LogP contribution in [0.1, 0.15) is 80.4 Å². The summed E-state index contributed by atoms with van der Waals surface area (Å²) in [4.78, 5) is 72.2. The average Bonchev–Trinajstić information content (AvgIpc) is 4.13. The molecule has 9 rings (SSSR count). The Morgan fingerprint density at radius 3 is 1.92 bits per heavy atom. The molecule has 4 atom stereocenters. The number of alkyl carbamates (subject to hydrolysis) is 2. The number of benzene rings is 4. The number of nitrogens with zero attached hydrogens (tertiary/aromatic N) is 4. The summed E-state index contributed by atoms with van der Waals surface area (Å²) in [6.07, 6.45) is 5.44. The van der Waals surface area contributed by atoms with E-state index in [2.05, 4.69) is 50.9 Å². The van der Waals surface area contributed by atoms with Gasteiger partial charge in [0, 0.05) is 29.6 Å². The van der Waals surface area contributed by atoms with E-state index in [1.54, 1.807) is 11.1 Å². The molecule has 2 aromatic heterocycles. The van der Waals surface area contributed by atoms with Crippen LogP contribution in [0.3, 0.4) is 0 Å². The lowest BCUT2D eigenvalue weighted by atomic mass is 9.92. The Morgan fingerprint density at radius 1 is 0.738 bits per heavy atom. The first-order valence-corrected chi connectivity index (χ1v) is 20.7. The van der Waals surface area contributed by atoms with Crippen LogP contribution >= 0.6 is 0 Å². The number of methoxy groups -OCH3 is 2. The van der Waals surface area contributed by atoms with Gasteiger partial charge in [0.2, 0.25) is 5.91 Å². The van der Waals surface area contributed by atoms with E-state index in [1.807, 2.05) is 61.3 Å². The number of amides is 4. The third-order valence-corrected chi connectivity index (χ3v) is 12.2. The Balaban J connectivity index is 0.963. The molecule has 2 fully saturated rings. The van der Waals surface area contributed by atoms with Gasteiger partial charge in [0.15, 0.2) is 0 Å². The summed E-state index contributed by atoms with van der Waals surface area (Å²) in [6.45, 7) is 5.29. The molecule has 6 aromatic rings. The van der Waals surface area contributed by atoms with Crippen LogP contribution in [0.25, 0.3) is 44.1 Å². The molecule has 15 heteroatoms. The number of carbonyl (C=O) groups is 4. The number of aromatic nitrogens is 4. The highest BCUT2D eigenvalue weighted by molar-refractivity contribution is 6.14. The Bertz CT molecular complexity index is 2660. The van der Waals surface area contributed by atoms with Crippen molar-refractivity contribution in [1.82, 2.24) is 40.4 Å². The van der Waals surface area contributed by atoms with Gasteiger partial charge < -0.3 is 44.6 Å². The van der Waals surface area contributed by atoms with Gasteiger partial charge >= 0.3 is 12.2 Å². The van der Waals surface area contributed by atoms with Crippen LogP contribution in [0.4, 0.5) is 9.59 Å². The van der Waals surface area contributed by atoms with Gasteiger partial charge in [0.1, 0.15) is 36.1 Å². The number of hydrogen-bond acceptors (Lipinski definition) is 9. The highest BCUT2D eigenvalue weighted by atomic mass is 16.5. The molecule has 314 valence electrons. The summed E-state index contributed by atoms with van der Waals surface area (Å²) in [5.74, 6) is 1.67. The van der Waals surface area contributed by atoms with Gasteiger partial charge in [-0.05, 0) is 83.2 Å². The minimum absolute atomic E-state index is 0.123. The molecule has 4 aromatic carbocycles. The van der Waals surface area contributed by atoms with Crippen molar-refractivity contribution >= 4 is 45.5 Å². The van der Waals surface area contributed by atoms with E-state index in [0.717, 1.165) is 81.1 Å². The summed E-state index contributed by atoms with van der Waals surface area (Å²) >= 11 is 0. The van der Waals surface area contributed by atoms with Gasteiger partial charge in [-0.3, -0.25) is 9.59 Å². The van der Waals surface area contributed by atoms with E-state index in [9.17, 15) is 19.2 Å². The number of aromatic amines is 2. The smallest absolute Gasteiger partial charge is 0.407 e. The number of likely N-dealkylation sites (tertiary alicyclic amines) is 2. The van der Waals surface area contributed by atoms with Crippen molar-refractivity contribution < 1.29 is 33.4 Å². The molecule has 0 aliphatic carbocycles. The zero-order valence-corrected chi connectivity index (χ0v) is 34.5. The van der Waals surface area contributed by atoms with Gasteiger partial charge in [-0.1, -0.05) is 56.3 Å². The zero-order chi connectivity index (χ0) is 42.4. The van der Waals surface area contributed by atoms with Crippen molar-refractivity contribution in [1.29, 1.82) is 0 Å². The monoisotopic (exact) mass is 824 g/mol. The second kappa shape index (κ2) is 16.3. The van der Waals surface area contributed by atoms with Crippen LogP contribution in [-0.2, 0) is 25.7 Å². The molecule has 15 nitrogen and oxygen atoms in total. The molecule has 0 unspecified atom stereocenters. The lowest BCUT2D eigenvalue weighted by Gasteiger charge is -2.30. The van der Waals surface area contributed by atoms with Gasteiger partial charge in [-0.2, -0.15) is 0 Å². The van der Waals surface area contributed by atoms with Crippen molar-refractivity contribution in [2.75, 3.05) is 27.3 Å². The largest absolute Gasteiger partial charge is 0.488 e. The van der Waals surface area contributed by atoms with Crippen LogP contribution in [0.2, 0.25) is 0 Å². The number of rotatable bonds is 10. The first-order valence-electron chi connectivity index (χ1n) is 20.7. The lowest BCUT2D eigenvalue weighted by molar-refractivity contribution is -0.135. The Labute approximate surface area is 352 Å². The molecule has 4 amide bonds. The maximum atomic E-state index is 14.0. The molecular formula is C46H48N8O7. The predicted octanol–water partition coefficient (Wildman–Crippen LogP) is 7.47. The zero-order valence-electron chi connectivity index (χ0n) is 34.5. The average molecular weight is 825 g/mol. The predicted molar refractivity (Wildman–Crippen MR) is 227 cm³/mol. The van der Waals surface area contributed by atoms with Crippen molar-refractivity contribution in [3.05, 3.63) is 102 Å². The van der Waals surface area contributed by atoms with Crippen LogP contribution in [-0.4, -0.2) is 87.1 Å². The number of carbonyl (C=O) groups excluding carboxylic acids is 4. The molecule has 4 N–H and O–H groups in total. The highest BCUT2D eigenvalue weighted by Gasteiger charge is 2.39. The van der Waals surface area contributed by atoms with Crippen molar-refractivity contribution in [2.45, 2.75) is 70.3 Å². The van der Waals surface area contributed by atoms with E-state index in [4.69, 9.17) is 24.2 Å². The third kappa shape index (κ3) is 7.38. The number of ether oxygens (including phenoxy) is 3. The number of hydrogen-bond donors (Lipinski definition) is 4. The first kappa shape index (κ1) is 39.6. The van der Waals surface area contributed by atoms with E-state index >= 15 is 0 Å². The Hall–Kier alpha value is -6.90. The minimum Gasteiger partial charge on any atom is -0.488 e. The van der Waals surface area contributed by atoms with Gasteiger partial charge in [0.25, 0.3) is 5.91 Å². The molecule has 0 radical (unpaired) electrons. The highest BCUT2D eigenvalue weighted by Crippen LogP contribution is 2.44. The molecule has 3 aliphatic rings. The van der Waals surface area contributed by atoms with E-state index in [1.165, 1.54) is 14.2 Å². The van der Waals surface area contributed by atoms with E-state index in [-0.39, 0.29) is 29.8 Å². The summed E-state index contributed by atoms with van der Waals surface area (Å²) < 4.78 is 16.1. The molecule has 0 spiro atoms. The minimum atomic E-state index is -0.896. The second-order valence-corrected chi connectivity index (χ2v) is 16.2. The molecule has 3 aliphatic heterocycles. The SMILES string of the molecule is COC(=O)N[C@H](C(=O)N1CCC[C@H]1c1ncc(-c2cc3c4c(ccc5cc(-c6cnc([C@@H]7CCCN7C(=O)[C@H](NC(=O)OC)c7ccccc7)[nH]6)cc(c54)CO3)c2)[nH]1)C(C)C. The number of imidazole rings is 2. The fourth-order valence-corrected chi connectivity index (χ4v) is 9.16. The number of nitrogens with one attached hydrogen (secondary N) is 4.